The van der Waals surface area contributed by atoms with Gasteiger partial charge < -0.3 is 9.88 Å². The number of hydrogen-bond acceptors (Lipinski definition) is 4. The zero-order valence-corrected chi connectivity index (χ0v) is 11.7. The molecule has 0 radical (unpaired) electrons. The van der Waals surface area contributed by atoms with E-state index in [1.807, 2.05) is 49.6 Å². The molecule has 20 heavy (non-hydrogen) atoms. The minimum atomic E-state index is 0.244. The molecule has 6 heteroatoms. The van der Waals surface area contributed by atoms with Crippen molar-refractivity contribution >= 4 is 5.52 Å². The largest absolute Gasteiger partial charge is 0.338 e. The Hall–Kier alpha value is -2.21. The third-order valence-electron chi connectivity index (χ3n) is 3.66. The first kappa shape index (κ1) is 12.8. The van der Waals surface area contributed by atoms with Gasteiger partial charge in [-0.1, -0.05) is 0 Å². The van der Waals surface area contributed by atoms with Crippen molar-refractivity contribution in [2.45, 2.75) is 18.9 Å². The van der Waals surface area contributed by atoms with Gasteiger partial charge in [-0.25, -0.2) is 9.50 Å². The van der Waals surface area contributed by atoms with Gasteiger partial charge in [-0.3, -0.25) is 4.98 Å². The van der Waals surface area contributed by atoms with E-state index in [4.69, 9.17) is 0 Å². The van der Waals surface area contributed by atoms with E-state index in [2.05, 4.69) is 25.0 Å². The topological polar surface area (TPSA) is 60.0 Å². The zero-order chi connectivity index (χ0) is 13.9. The molecular formula is C14H18N6. The molecule has 0 saturated carbocycles. The van der Waals surface area contributed by atoms with Gasteiger partial charge in [-0.2, -0.15) is 5.10 Å². The van der Waals surface area contributed by atoms with E-state index < -0.39 is 0 Å². The van der Waals surface area contributed by atoms with Crippen molar-refractivity contribution in [2.24, 2.45) is 7.05 Å². The molecule has 0 fully saturated rings. The lowest BCUT2D eigenvalue weighted by Gasteiger charge is -2.14. The summed E-state index contributed by atoms with van der Waals surface area (Å²) in [6.07, 6.45) is 13.1. The number of hydrogen-bond donors (Lipinski definition) is 1. The Morgan fingerprint density at radius 1 is 1.25 bits per heavy atom. The van der Waals surface area contributed by atoms with Gasteiger partial charge in [0.25, 0.3) is 0 Å². The van der Waals surface area contributed by atoms with Crippen LogP contribution >= 0.6 is 0 Å². The van der Waals surface area contributed by atoms with Crippen LogP contribution in [-0.4, -0.2) is 31.2 Å². The minimum Gasteiger partial charge on any atom is -0.338 e. The predicted molar refractivity (Wildman–Crippen MR) is 76.3 cm³/mol. The quantitative estimate of drug-likeness (QED) is 0.760. The molecule has 0 aliphatic rings. The van der Waals surface area contributed by atoms with Crippen LogP contribution in [0, 0.1) is 0 Å². The lowest BCUT2D eigenvalue weighted by Crippen LogP contribution is -2.17. The predicted octanol–water partition coefficient (Wildman–Crippen LogP) is 1.36. The number of aromatic nitrogens is 5. The van der Waals surface area contributed by atoms with Crippen LogP contribution in [0.1, 0.15) is 23.9 Å². The highest BCUT2D eigenvalue weighted by molar-refractivity contribution is 5.53. The van der Waals surface area contributed by atoms with Crippen molar-refractivity contribution in [3.05, 3.63) is 48.6 Å². The number of nitrogens with zero attached hydrogens (tertiary/aromatic N) is 5. The number of imidazole rings is 1. The second-order valence-corrected chi connectivity index (χ2v) is 4.84. The second-order valence-electron chi connectivity index (χ2n) is 4.84. The second kappa shape index (κ2) is 5.42. The molecule has 0 aliphatic carbocycles. The zero-order valence-electron chi connectivity index (χ0n) is 11.7. The number of fused-ring (bicyclic) bond motifs is 1. The van der Waals surface area contributed by atoms with Gasteiger partial charge in [-0.15, -0.1) is 0 Å². The van der Waals surface area contributed by atoms with E-state index in [0.29, 0.717) is 0 Å². The Morgan fingerprint density at radius 3 is 2.90 bits per heavy atom. The summed E-state index contributed by atoms with van der Waals surface area (Å²) in [5.41, 5.74) is 2.22. The summed E-state index contributed by atoms with van der Waals surface area (Å²) in [7, 11) is 4.00. The van der Waals surface area contributed by atoms with Gasteiger partial charge in [0.2, 0.25) is 0 Å². The first-order chi connectivity index (χ1) is 9.79. The normalized spacial score (nSPS) is 12.9. The molecule has 3 rings (SSSR count). The van der Waals surface area contributed by atoms with Crippen LogP contribution in [0.3, 0.4) is 0 Å². The monoisotopic (exact) mass is 270 g/mol. The smallest absolute Gasteiger partial charge is 0.108 e. The van der Waals surface area contributed by atoms with E-state index in [0.717, 1.165) is 24.2 Å². The SMILES string of the molecule is CNC(CCc1nccn1C)c1cnn2ccncc12. The van der Waals surface area contributed by atoms with Crippen molar-refractivity contribution in [1.82, 2.24) is 29.5 Å². The van der Waals surface area contributed by atoms with E-state index in [9.17, 15) is 0 Å². The molecule has 6 nitrogen and oxygen atoms in total. The number of rotatable bonds is 5. The summed E-state index contributed by atoms with van der Waals surface area (Å²) in [6.45, 7) is 0. The van der Waals surface area contributed by atoms with Crippen LogP contribution < -0.4 is 5.32 Å². The standard InChI is InChI=1S/C14H18N6/c1-15-12(3-4-14-17-6-7-19(14)2)11-9-18-20-8-5-16-10-13(11)20/h5-10,12,15H,3-4H2,1-2H3. The molecule has 0 amide bonds. The third-order valence-corrected chi connectivity index (χ3v) is 3.66. The fraction of sp³-hybridized carbons (Fsp3) is 0.357. The van der Waals surface area contributed by atoms with E-state index in [1.165, 1.54) is 5.56 Å². The van der Waals surface area contributed by atoms with Gasteiger partial charge in [0.1, 0.15) is 5.82 Å². The molecule has 3 aromatic heterocycles. The van der Waals surface area contributed by atoms with Crippen molar-refractivity contribution in [3.8, 4) is 0 Å². The minimum absolute atomic E-state index is 0.244. The lowest BCUT2D eigenvalue weighted by atomic mass is 10.0. The van der Waals surface area contributed by atoms with Crippen molar-refractivity contribution in [2.75, 3.05) is 7.05 Å². The first-order valence-corrected chi connectivity index (χ1v) is 6.70. The van der Waals surface area contributed by atoms with E-state index >= 15 is 0 Å². The van der Waals surface area contributed by atoms with Crippen LogP contribution in [0.25, 0.3) is 5.52 Å². The molecule has 0 saturated heterocycles. The van der Waals surface area contributed by atoms with Crippen LogP contribution in [0.15, 0.2) is 37.2 Å². The Bertz CT molecular complexity index is 698. The third kappa shape index (κ3) is 2.30. The Balaban J connectivity index is 1.81. The number of nitrogens with one attached hydrogen (secondary N) is 1. The van der Waals surface area contributed by atoms with Crippen molar-refractivity contribution < 1.29 is 0 Å². The Labute approximate surface area is 117 Å². The molecule has 3 heterocycles. The summed E-state index contributed by atoms with van der Waals surface area (Å²) < 4.78 is 3.91. The average Bonchev–Trinajstić information content (AvgIpc) is 3.07. The molecule has 1 N–H and O–H groups in total. The van der Waals surface area contributed by atoms with Crippen LogP contribution in [0.2, 0.25) is 0 Å². The molecule has 1 atom stereocenters. The van der Waals surface area contributed by atoms with E-state index in [-0.39, 0.29) is 6.04 Å². The molecule has 104 valence electrons. The van der Waals surface area contributed by atoms with Gasteiger partial charge in [0, 0.05) is 49.9 Å². The molecule has 1 unspecified atom stereocenters. The molecule has 0 aliphatic heterocycles. The molecule has 0 bridgehead atoms. The van der Waals surface area contributed by atoms with Crippen molar-refractivity contribution in [3.63, 3.8) is 0 Å². The van der Waals surface area contributed by atoms with Crippen molar-refractivity contribution in [1.29, 1.82) is 0 Å². The molecule has 0 spiro atoms. The highest BCUT2D eigenvalue weighted by atomic mass is 15.2. The van der Waals surface area contributed by atoms with Gasteiger partial charge in [0.15, 0.2) is 0 Å². The molecule has 0 aromatic carbocycles. The lowest BCUT2D eigenvalue weighted by molar-refractivity contribution is 0.539. The maximum atomic E-state index is 4.37. The number of aryl methyl sites for hydroxylation is 2. The highest BCUT2D eigenvalue weighted by Gasteiger charge is 2.15. The first-order valence-electron chi connectivity index (χ1n) is 6.70. The fourth-order valence-corrected chi connectivity index (χ4v) is 2.49. The molecular weight excluding hydrogens is 252 g/mol. The van der Waals surface area contributed by atoms with Crippen LogP contribution in [-0.2, 0) is 13.5 Å². The van der Waals surface area contributed by atoms with Gasteiger partial charge in [-0.05, 0) is 13.5 Å². The molecule has 3 aromatic rings. The fourth-order valence-electron chi connectivity index (χ4n) is 2.49. The Morgan fingerprint density at radius 2 is 2.15 bits per heavy atom. The van der Waals surface area contributed by atoms with Gasteiger partial charge in [0.05, 0.1) is 17.9 Å². The van der Waals surface area contributed by atoms with Crippen LogP contribution in [0.4, 0.5) is 0 Å². The Kier molecular flexibility index (Phi) is 3.47. The summed E-state index contributed by atoms with van der Waals surface area (Å²) in [6, 6.07) is 0.244. The highest BCUT2D eigenvalue weighted by Crippen LogP contribution is 2.22. The van der Waals surface area contributed by atoms with Crippen LogP contribution in [0.5, 0.6) is 0 Å². The maximum Gasteiger partial charge on any atom is 0.108 e. The maximum absolute atomic E-state index is 4.37. The van der Waals surface area contributed by atoms with E-state index in [1.54, 1.807) is 6.20 Å². The summed E-state index contributed by atoms with van der Waals surface area (Å²) >= 11 is 0. The average molecular weight is 270 g/mol. The summed E-state index contributed by atoms with van der Waals surface area (Å²) in [5.74, 6) is 1.10. The van der Waals surface area contributed by atoms with Gasteiger partial charge >= 0.3 is 0 Å². The summed E-state index contributed by atoms with van der Waals surface area (Å²) in [5, 5.41) is 7.73. The summed E-state index contributed by atoms with van der Waals surface area (Å²) in [4.78, 5) is 8.55.